The van der Waals surface area contributed by atoms with Crippen LogP contribution in [0.25, 0.3) is 0 Å². The van der Waals surface area contributed by atoms with Gasteiger partial charge in [-0.15, -0.1) is 0 Å². The first-order valence-corrected chi connectivity index (χ1v) is 15.7. The van der Waals surface area contributed by atoms with E-state index in [-0.39, 0.29) is 50.7 Å². The minimum Gasteiger partial charge on any atom is -0.493 e. The molecular formula is C34H41N3O9. The third kappa shape index (κ3) is 5.01. The van der Waals surface area contributed by atoms with E-state index in [1.165, 1.54) is 6.92 Å². The van der Waals surface area contributed by atoms with Gasteiger partial charge in [0.05, 0.1) is 25.3 Å². The molecule has 4 aliphatic rings. The first-order valence-electron chi connectivity index (χ1n) is 15.7. The number of carbonyl (C=O) groups is 2. The van der Waals surface area contributed by atoms with E-state index in [4.69, 9.17) is 33.2 Å². The number of methoxy groups -OCH3 is 2. The molecule has 0 aliphatic carbocycles. The van der Waals surface area contributed by atoms with E-state index in [2.05, 4.69) is 21.9 Å². The van der Waals surface area contributed by atoms with Crippen LogP contribution in [0.2, 0.25) is 0 Å². The summed E-state index contributed by atoms with van der Waals surface area (Å²) in [6.07, 6.45) is 1.92. The quantitative estimate of drug-likeness (QED) is 0.224. The molecule has 4 heterocycles. The standard InChI is InChI=1S/C34H41N3O9/c1-8-9-26(39)42-14-25-28-21(31(46-19(4)38)18(3)32-34(28)45-16-44-32)12-23-29-27-20(11-22(36(29)5)24(13-35)37(23)25)10-17(2)30(41-7)33(27)43-15-40-6/h10,22-25,29H,8-9,11-12,14-16H2,1-7H3/t22-,23?,24-,25-,29-/m0/s1. The van der Waals surface area contributed by atoms with E-state index in [1.807, 2.05) is 27.8 Å². The van der Waals surface area contributed by atoms with E-state index < -0.39 is 18.1 Å². The van der Waals surface area contributed by atoms with Gasteiger partial charge in [0.25, 0.3) is 0 Å². The lowest BCUT2D eigenvalue weighted by Crippen LogP contribution is -2.68. The van der Waals surface area contributed by atoms with Crippen LogP contribution in [-0.4, -0.2) is 81.3 Å². The maximum absolute atomic E-state index is 12.8. The third-order valence-corrected chi connectivity index (χ3v) is 9.67. The number of likely N-dealkylation sites (N-methyl/N-ethyl adjacent to an activating group) is 1. The lowest BCUT2D eigenvalue weighted by Gasteiger charge is -2.59. The number of hydrogen-bond donors (Lipinski definition) is 0. The molecular weight excluding hydrogens is 594 g/mol. The van der Waals surface area contributed by atoms with Gasteiger partial charge in [-0.1, -0.05) is 13.0 Å². The molecule has 0 amide bonds. The van der Waals surface area contributed by atoms with Crippen LogP contribution >= 0.6 is 0 Å². The van der Waals surface area contributed by atoms with Gasteiger partial charge < -0.3 is 33.2 Å². The van der Waals surface area contributed by atoms with Gasteiger partial charge in [-0.05, 0) is 51.3 Å². The van der Waals surface area contributed by atoms with Crippen molar-refractivity contribution in [1.82, 2.24) is 9.80 Å². The van der Waals surface area contributed by atoms with Crippen LogP contribution in [0.5, 0.6) is 28.7 Å². The van der Waals surface area contributed by atoms with E-state index in [1.54, 1.807) is 14.2 Å². The molecule has 46 heavy (non-hydrogen) atoms. The molecule has 0 aromatic heterocycles. The molecule has 0 radical (unpaired) electrons. The predicted molar refractivity (Wildman–Crippen MR) is 164 cm³/mol. The van der Waals surface area contributed by atoms with Crippen LogP contribution in [0, 0.1) is 25.2 Å². The molecule has 4 aliphatic heterocycles. The van der Waals surface area contributed by atoms with Crippen molar-refractivity contribution in [2.24, 2.45) is 0 Å². The average molecular weight is 636 g/mol. The summed E-state index contributed by atoms with van der Waals surface area (Å²) in [4.78, 5) is 29.7. The summed E-state index contributed by atoms with van der Waals surface area (Å²) >= 11 is 0. The number of hydrogen-bond acceptors (Lipinski definition) is 12. The maximum atomic E-state index is 12.8. The molecule has 2 aromatic carbocycles. The van der Waals surface area contributed by atoms with Crippen molar-refractivity contribution < 1.29 is 42.7 Å². The minimum atomic E-state index is -0.583. The lowest BCUT2D eigenvalue weighted by molar-refractivity contribution is -0.149. The van der Waals surface area contributed by atoms with Crippen molar-refractivity contribution in [2.75, 3.05) is 41.5 Å². The van der Waals surface area contributed by atoms with Crippen LogP contribution in [-0.2, 0) is 31.9 Å². The summed E-state index contributed by atoms with van der Waals surface area (Å²) in [6, 6.07) is 2.82. The number of piperazine rings is 1. The van der Waals surface area contributed by atoms with Crippen molar-refractivity contribution in [1.29, 1.82) is 5.26 Å². The summed E-state index contributed by atoms with van der Waals surface area (Å²) in [5.74, 6) is 1.86. The van der Waals surface area contributed by atoms with Gasteiger partial charge in [-0.2, -0.15) is 5.26 Å². The van der Waals surface area contributed by atoms with Crippen LogP contribution in [0.3, 0.4) is 0 Å². The molecule has 6 rings (SSSR count). The van der Waals surface area contributed by atoms with E-state index in [0.29, 0.717) is 53.6 Å². The number of benzene rings is 2. The van der Waals surface area contributed by atoms with Crippen molar-refractivity contribution in [3.8, 4) is 34.8 Å². The fraction of sp³-hybridized carbons (Fsp3) is 0.559. The monoisotopic (exact) mass is 635 g/mol. The van der Waals surface area contributed by atoms with E-state index in [0.717, 1.165) is 27.8 Å². The SMILES string of the molecule is CCCC(=O)OC[C@H]1c2c(c(OC(C)=O)c(C)c3c2OCO3)CC2[C@H]3c4c(cc(C)c(OC)c4OCOC)C[C@@H]([C@H](C#N)N21)N3C. The van der Waals surface area contributed by atoms with Gasteiger partial charge in [-0.25, -0.2) is 0 Å². The zero-order valence-electron chi connectivity index (χ0n) is 27.4. The number of rotatable bonds is 9. The first kappa shape index (κ1) is 31.9. The fourth-order valence-electron chi connectivity index (χ4n) is 7.96. The molecule has 12 nitrogen and oxygen atoms in total. The topological polar surface area (TPSA) is 129 Å². The van der Waals surface area contributed by atoms with Crippen LogP contribution in [0.4, 0.5) is 0 Å². The second kappa shape index (κ2) is 12.6. The number of aryl methyl sites for hydroxylation is 1. The minimum absolute atomic E-state index is 0.000293. The zero-order chi connectivity index (χ0) is 32.9. The maximum Gasteiger partial charge on any atom is 0.308 e. The van der Waals surface area contributed by atoms with Crippen LogP contribution in [0.1, 0.15) is 72.2 Å². The summed E-state index contributed by atoms with van der Waals surface area (Å²) in [5, 5.41) is 10.8. The highest BCUT2D eigenvalue weighted by Crippen LogP contribution is 2.58. The number of fused-ring (bicyclic) bond motifs is 9. The number of esters is 2. The Hall–Kier alpha value is -4.05. The van der Waals surface area contributed by atoms with Crippen molar-refractivity contribution in [3.63, 3.8) is 0 Å². The van der Waals surface area contributed by atoms with E-state index in [9.17, 15) is 14.9 Å². The Kier molecular flexibility index (Phi) is 8.76. The van der Waals surface area contributed by atoms with Gasteiger partial charge in [0.1, 0.15) is 18.4 Å². The number of nitrogens with zero attached hydrogens (tertiary/aromatic N) is 3. The molecule has 0 N–H and O–H groups in total. The molecule has 12 heteroatoms. The van der Waals surface area contributed by atoms with Gasteiger partial charge in [0.15, 0.2) is 29.8 Å². The Morgan fingerprint density at radius 2 is 1.83 bits per heavy atom. The van der Waals surface area contributed by atoms with Crippen molar-refractivity contribution in [3.05, 3.63) is 39.4 Å². The smallest absolute Gasteiger partial charge is 0.308 e. The highest BCUT2D eigenvalue weighted by atomic mass is 16.7. The first-order chi connectivity index (χ1) is 22.2. The molecule has 2 bridgehead atoms. The molecule has 1 saturated heterocycles. The Morgan fingerprint density at radius 3 is 2.50 bits per heavy atom. The normalized spacial score (nSPS) is 24.3. The molecule has 246 valence electrons. The molecule has 0 saturated carbocycles. The molecule has 1 unspecified atom stereocenters. The van der Waals surface area contributed by atoms with Crippen LogP contribution in [0.15, 0.2) is 6.07 Å². The summed E-state index contributed by atoms with van der Waals surface area (Å²) in [5.41, 5.74) is 5.10. The molecule has 0 spiro atoms. The zero-order valence-corrected chi connectivity index (χ0v) is 27.4. The van der Waals surface area contributed by atoms with Crippen molar-refractivity contribution >= 4 is 11.9 Å². The van der Waals surface area contributed by atoms with Gasteiger partial charge in [0, 0.05) is 54.8 Å². The van der Waals surface area contributed by atoms with Crippen molar-refractivity contribution in [2.45, 2.75) is 83.6 Å². The predicted octanol–water partition coefficient (Wildman–Crippen LogP) is 4.06. The Balaban J connectivity index is 1.60. The summed E-state index contributed by atoms with van der Waals surface area (Å²) in [7, 11) is 5.23. The summed E-state index contributed by atoms with van der Waals surface area (Å²) in [6.45, 7) is 7.12. The Morgan fingerprint density at radius 1 is 1.07 bits per heavy atom. The molecule has 5 atom stereocenters. The third-order valence-electron chi connectivity index (χ3n) is 9.67. The summed E-state index contributed by atoms with van der Waals surface area (Å²) < 4.78 is 41.2. The van der Waals surface area contributed by atoms with Crippen LogP contribution < -0.4 is 23.7 Å². The number of carbonyl (C=O) groups excluding carboxylic acids is 2. The second-order valence-corrected chi connectivity index (χ2v) is 12.3. The second-order valence-electron chi connectivity index (χ2n) is 12.3. The fourth-order valence-corrected chi connectivity index (χ4v) is 7.96. The molecule has 1 fully saturated rings. The Labute approximate surface area is 269 Å². The number of ether oxygens (including phenoxy) is 7. The molecule has 2 aromatic rings. The van der Waals surface area contributed by atoms with Gasteiger partial charge in [0.2, 0.25) is 6.79 Å². The van der Waals surface area contributed by atoms with E-state index >= 15 is 0 Å². The highest BCUT2D eigenvalue weighted by Gasteiger charge is 2.57. The lowest BCUT2D eigenvalue weighted by atomic mass is 9.71. The van der Waals surface area contributed by atoms with Gasteiger partial charge in [-0.3, -0.25) is 19.4 Å². The van der Waals surface area contributed by atoms with Gasteiger partial charge >= 0.3 is 11.9 Å². The highest BCUT2D eigenvalue weighted by molar-refractivity contribution is 5.74. The average Bonchev–Trinajstić information content (AvgIpc) is 3.51. The number of nitriles is 1. The largest absolute Gasteiger partial charge is 0.493 e. The Bertz CT molecular complexity index is 1600.